The van der Waals surface area contributed by atoms with E-state index in [9.17, 15) is 4.79 Å². The summed E-state index contributed by atoms with van der Waals surface area (Å²) in [6, 6.07) is 7.40. The molecule has 5 rings (SSSR count). The molecule has 2 bridgehead atoms. The van der Waals surface area contributed by atoms with Crippen LogP contribution in [0.2, 0.25) is 0 Å². The molecule has 0 saturated carbocycles. The normalized spacial score (nSPS) is 29.8. The molecule has 3 aliphatic heterocycles. The quantitative estimate of drug-likeness (QED) is 0.756. The van der Waals surface area contributed by atoms with Crippen molar-refractivity contribution in [2.45, 2.75) is 43.9 Å². The Hall–Kier alpha value is -2.07. The van der Waals surface area contributed by atoms with E-state index in [1.807, 2.05) is 12.1 Å². The zero-order chi connectivity index (χ0) is 16.6. The van der Waals surface area contributed by atoms with Gasteiger partial charge in [-0.25, -0.2) is 0 Å². The van der Waals surface area contributed by atoms with Crippen LogP contribution in [0, 0.1) is 0 Å². The first kappa shape index (κ1) is 14.3. The largest absolute Gasteiger partial charge is 0.350 e. The molecule has 2 fully saturated rings. The van der Waals surface area contributed by atoms with Crippen molar-refractivity contribution in [2.75, 3.05) is 7.05 Å². The molecule has 3 atom stereocenters. The molecule has 4 heterocycles. The molecule has 1 aromatic heterocycles. The van der Waals surface area contributed by atoms with Gasteiger partial charge in [-0.2, -0.15) is 0 Å². The van der Waals surface area contributed by atoms with Gasteiger partial charge < -0.3 is 9.47 Å². The number of likely N-dealkylation sites (N-methyl/N-ethyl adjacent to an activating group) is 1. The SMILES string of the molecule is C=C1CC2CC(N3Cc4cn(C)c5cccc(c45)C3=O)CC1N2C. The molecule has 1 aromatic carbocycles. The summed E-state index contributed by atoms with van der Waals surface area (Å²) < 4.78 is 2.14. The number of rotatable bonds is 1. The number of aryl methyl sites for hydroxylation is 1. The van der Waals surface area contributed by atoms with Crippen molar-refractivity contribution in [3.05, 3.63) is 47.7 Å². The van der Waals surface area contributed by atoms with Gasteiger partial charge in [0.1, 0.15) is 0 Å². The molecular formula is C20H23N3O. The average molecular weight is 321 g/mol. The van der Waals surface area contributed by atoms with E-state index in [1.54, 1.807) is 0 Å². The highest BCUT2D eigenvalue weighted by Gasteiger charge is 2.44. The second-order valence-corrected chi connectivity index (χ2v) is 7.72. The number of benzene rings is 1. The highest BCUT2D eigenvalue weighted by atomic mass is 16.2. The van der Waals surface area contributed by atoms with Crippen LogP contribution in [0.5, 0.6) is 0 Å². The molecule has 1 amide bonds. The predicted octanol–water partition coefficient (Wildman–Crippen LogP) is 2.93. The van der Waals surface area contributed by atoms with Crippen LogP contribution >= 0.6 is 0 Å². The van der Waals surface area contributed by atoms with Gasteiger partial charge in [0.05, 0.1) is 0 Å². The van der Waals surface area contributed by atoms with Gasteiger partial charge in [-0.15, -0.1) is 0 Å². The monoisotopic (exact) mass is 321 g/mol. The third kappa shape index (κ3) is 1.75. The maximum absolute atomic E-state index is 13.2. The highest BCUT2D eigenvalue weighted by Crippen LogP contribution is 2.41. The maximum Gasteiger partial charge on any atom is 0.255 e. The van der Waals surface area contributed by atoms with Crippen molar-refractivity contribution in [3.8, 4) is 0 Å². The fraction of sp³-hybridized carbons (Fsp3) is 0.450. The van der Waals surface area contributed by atoms with Gasteiger partial charge in [-0.3, -0.25) is 9.69 Å². The van der Waals surface area contributed by atoms with Gasteiger partial charge in [0.2, 0.25) is 0 Å². The van der Waals surface area contributed by atoms with Gasteiger partial charge in [-0.1, -0.05) is 18.2 Å². The molecule has 4 nitrogen and oxygen atoms in total. The van der Waals surface area contributed by atoms with Crippen LogP contribution in [-0.4, -0.2) is 45.4 Å². The summed E-state index contributed by atoms with van der Waals surface area (Å²) in [5, 5.41) is 1.15. The number of hydrogen-bond acceptors (Lipinski definition) is 2. The lowest BCUT2D eigenvalue weighted by atomic mass is 9.92. The van der Waals surface area contributed by atoms with E-state index in [-0.39, 0.29) is 5.91 Å². The van der Waals surface area contributed by atoms with Crippen molar-refractivity contribution >= 4 is 16.8 Å². The predicted molar refractivity (Wildman–Crippen MR) is 94.9 cm³/mol. The van der Waals surface area contributed by atoms with Gasteiger partial charge in [-0.05, 0) is 44.0 Å². The minimum absolute atomic E-state index is 0.207. The summed E-state index contributed by atoms with van der Waals surface area (Å²) in [6.45, 7) is 5.01. The maximum atomic E-state index is 13.2. The Morgan fingerprint density at radius 1 is 1.17 bits per heavy atom. The van der Waals surface area contributed by atoms with Crippen molar-refractivity contribution < 1.29 is 4.79 Å². The average Bonchev–Trinajstić information content (AvgIpc) is 2.94. The van der Waals surface area contributed by atoms with Crippen LogP contribution < -0.4 is 0 Å². The Bertz CT molecular complexity index is 880. The Labute approximate surface area is 142 Å². The highest BCUT2D eigenvalue weighted by molar-refractivity contribution is 6.09. The molecule has 0 radical (unpaired) electrons. The summed E-state index contributed by atoms with van der Waals surface area (Å²) >= 11 is 0. The van der Waals surface area contributed by atoms with Crippen molar-refractivity contribution in [1.29, 1.82) is 0 Å². The van der Waals surface area contributed by atoms with Gasteiger partial charge >= 0.3 is 0 Å². The topological polar surface area (TPSA) is 28.5 Å². The van der Waals surface area contributed by atoms with Crippen molar-refractivity contribution in [1.82, 2.24) is 14.4 Å². The number of aromatic nitrogens is 1. The number of carbonyl (C=O) groups is 1. The summed E-state index contributed by atoms with van der Waals surface area (Å²) in [6.07, 6.45) is 5.37. The first-order valence-electron chi connectivity index (χ1n) is 8.82. The van der Waals surface area contributed by atoms with E-state index in [2.05, 4.69) is 47.3 Å². The Morgan fingerprint density at radius 3 is 2.79 bits per heavy atom. The lowest BCUT2D eigenvalue weighted by Crippen LogP contribution is -2.51. The summed E-state index contributed by atoms with van der Waals surface area (Å²) in [7, 11) is 4.27. The molecular weight excluding hydrogens is 298 g/mol. The smallest absolute Gasteiger partial charge is 0.255 e. The van der Waals surface area contributed by atoms with Gasteiger partial charge in [0.15, 0.2) is 0 Å². The molecule has 2 saturated heterocycles. The van der Waals surface area contributed by atoms with E-state index >= 15 is 0 Å². The third-order valence-electron chi connectivity index (χ3n) is 6.44. The number of carbonyl (C=O) groups excluding carboxylic acids is 1. The minimum Gasteiger partial charge on any atom is -0.350 e. The number of nitrogens with zero attached hydrogens (tertiary/aromatic N) is 3. The second-order valence-electron chi connectivity index (χ2n) is 7.72. The van der Waals surface area contributed by atoms with Gasteiger partial charge in [0.25, 0.3) is 5.91 Å². The molecule has 0 N–H and O–H groups in total. The summed E-state index contributed by atoms with van der Waals surface area (Å²) in [4.78, 5) is 17.8. The molecule has 0 spiro atoms. The zero-order valence-corrected chi connectivity index (χ0v) is 14.3. The number of fused-ring (bicyclic) bond motifs is 2. The lowest BCUT2D eigenvalue weighted by Gasteiger charge is -2.42. The lowest BCUT2D eigenvalue weighted by molar-refractivity contribution is 0.0466. The molecule has 0 aliphatic carbocycles. The minimum atomic E-state index is 0.207. The third-order valence-corrected chi connectivity index (χ3v) is 6.44. The molecule has 2 aromatic rings. The Kier molecular flexibility index (Phi) is 2.82. The first-order valence-corrected chi connectivity index (χ1v) is 8.82. The second kappa shape index (κ2) is 4.73. The van der Waals surface area contributed by atoms with Crippen molar-refractivity contribution in [3.63, 3.8) is 0 Å². The van der Waals surface area contributed by atoms with E-state index in [0.717, 1.165) is 42.3 Å². The zero-order valence-electron chi connectivity index (χ0n) is 14.3. The van der Waals surface area contributed by atoms with E-state index < -0.39 is 0 Å². The fourth-order valence-corrected chi connectivity index (χ4v) is 5.17. The number of amides is 1. The number of hydrogen-bond donors (Lipinski definition) is 0. The van der Waals surface area contributed by atoms with Crippen LogP contribution in [0.15, 0.2) is 36.5 Å². The van der Waals surface area contributed by atoms with E-state index in [0.29, 0.717) is 18.1 Å². The summed E-state index contributed by atoms with van der Waals surface area (Å²) in [5.41, 5.74) is 4.66. The molecule has 4 heteroatoms. The van der Waals surface area contributed by atoms with Crippen LogP contribution in [0.1, 0.15) is 35.2 Å². The Morgan fingerprint density at radius 2 is 2.00 bits per heavy atom. The van der Waals surface area contributed by atoms with E-state index in [1.165, 1.54) is 11.1 Å². The van der Waals surface area contributed by atoms with Crippen LogP contribution in [-0.2, 0) is 13.6 Å². The summed E-state index contributed by atoms with van der Waals surface area (Å²) in [5.74, 6) is 0.207. The van der Waals surface area contributed by atoms with Gasteiger partial charge in [0, 0.05) is 54.4 Å². The van der Waals surface area contributed by atoms with Crippen LogP contribution in [0.25, 0.3) is 10.9 Å². The molecule has 3 aliphatic rings. The molecule has 24 heavy (non-hydrogen) atoms. The molecule has 124 valence electrons. The molecule has 3 unspecified atom stereocenters. The van der Waals surface area contributed by atoms with E-state index in [4.69, 9.17) is 0 Å². The number of piperidine rings is 1. The van der Waals surface area contributed by atoms with Crippen LogP contribution in [0.3, 0.4) is 0 Å². The Balaban J connectivity index is 1.53. The first-order chi connectivity index (χ1) is 11.5. The van der Waals surface area contributed by atoms with Crippen molar-refractivity contribution in [2.24, 2.45) is 7.05 Å². The standard InChI is InChI=1S/C20H23N3O/c1-12-7-14-8-15(9-18(12)22(14)3)23-11-13-10-21(2)17-6-4-5-16(19(13)17)20(23)24/h4-6,10,14-15,18H,1,7-9,11H2,2-3H3. The van der Waals surface area contributed by atoms with Crippen LogP contribution in [0.4, 0.5) is 0 Å². The fourth-order valence-electron chi connectivity index (χ4n) is 5.17.